The van der Waals surface area contributed by atoms with Crippen LogP contribution < -0.4 is 5.32 Å². The van der Waals surface area contributed by atoms with Crippen molar-refractivity contribution in [3.8, 4) is 0 Å². The quantitative estimate of drug-likeness (QED) is 0.889. The summed E-state index contributed by atoms with van der Waals surface area (Å²) in [6, 6.07) is 7.05. The van der Waals surface area contributed by atoms with Crippen molar-refractivity contribution in [3.63, 3.8) is 0 Å². The largest absolute Gasteiger partial charge is 0.394 e. The first-order valence-electron chi connectivity index (χ1n) is 6.94. The van der Waals surface area contributed by atoms with Crippen molar-refractivity contribution in [1.82, 2.24) is 4.90 Å². The van der Waals surface area contributed by atoms with E-state index in [9.17, 15) is 9.90 Å². The number of carbonyl (C=O) groups excluding carboxylic acids is 1. The second kappa shape index (κ2) is 6.75. The summed E-state index contributed by atoms with van der Waals surface area (Å²) in [5, 5.41) is 12.7. The molecule has 1 atom stereocenters. The van der Waals surface area contributed by atoms with Crippen molar-refractivity contribution in [2.24, 2.45) is 0 Å². The summed E-state index contributed by atoms with van der Waals surface area (Å²) in [6.07, 6.45) is -0.257. The Morgan fingerprint density at radius 3 is 3.00 bits per heavy atom. The summed E-state index contributed by atoms with van der Waals surface area (Å²) in [5.74, 6) is -0.105. The molecule has 0 saturated carbocycles. The van der Waals surface area contributed by atoms with Crippen LogP contribution in [0.2, 0.25) is 5.02 Å². The highest BCUT2D eigenvalue weighted by Crippen LogP contribution is 2.21. The van der Waals surface area contributed by atoms with Crippen LogP contribution in [0, 0.1) is 0 Å². The fourth-order valence-electron chi connectivity index (χ4n) is 2.60. The third kappa shape index (κ3) is 4.97. The zero-order valence-corrected chi connectivity index (χ0v) is 13.1. The minimum atomic E-state index is -0.373. The van der Waals surface area contributed by atoms with Gasteiger partial charge in [0.05, 0.1) is 24.9 Å². The van der Waals surface area contributed by atoms with Crippen LogP contribution in [-0.4, -0.2) is 53.9 Å². The van der Waals surface area contributed by atoms with Crippen LogP contribution in [0.25, 0.3) is 0 Å². The number of hydrogen-bond acceptors (Lipinski definition) is 4. The molecule has 0 aliphatic carbocycles. The number of nitrogens with zero attached hydrogens (tertiary/aromatic N) is 1. The summed E-state index contributed by atoms with van der Waals surface area (Å²) in [4.78, 5) is 14.1. The predicted octanol–water partition coefficient (Wildman–Crippen LogP) is 1.75. The molecule has 1 fully saturated rings. The molecule has 0 aromatic heterocycles. The number of hydrogen-bond donors (Lipinski definition) is 2. The number of amides is 1. The van der Waals surface area contributed by atoms with Crippen LogP contribution in [-0.2, 0) is 9.53 Å². The van der Waals surface area contributed by atoms with Gasteiger partial charge in [0.25, 0.3) is 0 Å². The van der Waals surface area contributed by atoms with E-state index in [0.29, 0.717) is 23.8 Å². The molecule has 21 heavy (non-hydrogen) atoms. The van der Waals surface area contributed by atoms with Gasteiger partial charge in [0, 0.05) is 23.8 Å². The van der Waals surface area contributed by atoms with E-state index in [-0.39, 0.29) is 30.8 Å². The van der Waals surface area contributed by atoms with E-state index in [0.717, 1.165) is 0 Å². The van der Waals surface area contributed by atoms with Crippen LogP contribution >= 0.6 is 11.6 Å². The number of halogens is 1. The van der Waals surface area contributed by atoms with Gasteiger partial charge in [0.2, 0.25) is 5.91 Å². The van der Waals surface area contributed by atoms with Gasteiger partial charge < -0.3 is 15.2 Å². The summed E-state index contributed by atoms with van der Waals surface area (Å²) in [6.45, 7) is 5.31. The van der Waals surface area contributed by atoms with Crippen LogP contribution in [0.5, 0.6) is 0 Å². The number of carbonyl (C=O) groups is 1. The van der Waals surface area contributed by atoms with E-state index in [2.05, 4.69) is 5.32 Å². The monoisotopic (exact) mass is 312 g/mol. The number of benzene rings is 1. The van der Waals surface area contributed by atoms with Gasteiger partial charge in [0.15, 0.2) is 0 Å². The van der Waals surface area contributed by atoms with Crippen molar-refractivity contribution in [2.75, 3.05) is 31.6 Å². The molecule has 2 rings (SSSR count). The molecule has 1 saturated heterocycles. The Morgan fingerprint density at radius 1 is 1.57 bits per heavy atom. The first-order chi connectivity index (χ1) is 9.88. The number of nitrogens with one attached hydrogen (secondary N) is 1. The number of anilines is 1. The molecule has 1 aromatic carbocycles. The minimum Gasteiger partial charge on any atom is -0.394 e. The van der Waals surface area contributed by atoms with Crippen LogP contribution in [0.1, 0.15) is 13.8 Å². The van der Waals surface area contributed by atoms with Crippen molar-refractivity contribution in [1.29, 1.82) is 0 Å². The molecule has 1 heterocycles. The molecule has 6 heteroatoms. The zero-order valence-electron chi connectivity index (χ0n) is 12.3. The number of rotatable bonds is 4. The van der Waals surface area contributed by atoms with Crippen molar-refractivity contribution < 1.29 is 14.6 Å². The number of aliphatic hydroxyl groups is 1. The van der Waals surface area contributed by atoms with Crippen LogP contribution in [0.3, 0.4) is 0 Å². The van der Waals surface area contributed by atoms with E-state index >= 15 is 0 Å². The lowest BCUT2D eigenvalue weighted by Gasteiger charge is -2.41. The van der Waals surface area contributed by atoms with Gasteiger partial charge >= 0.3 is 0 Å². The highest BCUT2D eigenvalue weighted by atomic mass is 35.5. The molecular weight excluding hydrogens is 292 g/mol. The van der Waals surface area contributed by atoms with Gasteiger partial charge in [-0.3, -0.25) is 9.69 Å². The Kier molecular flexibility index (Phi) is 5.22. The number of morpholine rings is 1. The van der Waals surface area contributed by atoms with Crippen molar-refractivity contribution >= 4 is 23.2 Å². The first kappa shape index (κ1) is 16.2. The fraction of sp³-hybridized carbons (Fsp3) is 0.533. The van der Waals surface area contributed by atoms with Gasteiger partial charge in [-0.15, -0.1) is 0 Å². The van der Waals surface area contributed by atoms with Gasteiger partial charge in [-0.25, -0.2) is 0 Å². The predicted molar refractivity (Wildman–Crippen MR) is 82.6 cm³/mol. The second-order valence-electron chi connectivity index (χ2n) is 5.91. The Hall–Kier alpha value is -1.14. The Balaban J connectivity index is 1.92. The van der Waals surface area contributed by atoms with E-state index in [1.807, 2.05) is 18.7 Å². The first-order valence-corrected chi connectivity index (χ1v) is 7.32. The van der Waals surface area contributed by atoms with Gasteiger partial charge in [-0.2, -0.15) is 0 Å². The fourth-order valence-corrected chi connectivity index (χ4v) is 2.79. The molecule has 1 aromatic rings. The SMILES string of the molecule is CC1(C)CN(CC(=O)Nc2cccc(Cl)c2)CC(CO)O1. The molecule has 0 bridgehead atoms. The highest BCUT2D eigenvalue weighted by molar-refractivity contribution is 6.30. The molecule has 1 unspecified atom stereocenters. The summed E-state index contributed by atoms with van der Waals surface area (Å²) < 4.78 is 5.73. The molecule has 0 radical (unpaired) electrons. The molecule has 0 spiro atoms. The molecule has 1 amide bonds. The van der Waals surface area contributed by atoms with Crippen molar-refractivity contribution in [3.05, 3.63) is 29.3 Å². The molecule has 1 aliphatic rings. The lowest BCUT2D eigenvalue weighted by molar-refractivity contribution is -0.151. The van der Waals surface area contributed by atoms with Gasteiger partial charge in [-0.05, 0) is 32.0 Å². The van der Waals surface area contributed by atoms with Gasteiger partial charge in [0.1, 0.15) is 0 Å². The van der Waals surface area contributed by atoms with Crippen molar-refractivity contribution in [2.45, 2.75) is 25.6 Å². The Morgan fingerprint density at radius 2 is 2.33 bits per heavy atom. The average Bonchev–Trinajstić information content (AvgIpc) is 2.36. The third-order valence-electron chi connectivity index (χ3n) is 3.23. The maximum atomic E-state index is 12.1. The minimum absolute atomic E-state index is 0.0458. The number of ether oxygens (including phenoxy) is 1. The average molecular weight is 313 g/mol. The molecule has 5 nitrogen and oxygen atoms in total. The van der Waals surface area contributed by atoms with Crippen LogP contribution in [0.15, 0.2) is 24.3 Å². The zero-order chi connectivity index (χ0) is 15.5. The Labute approximate surface area is 129 Å². The highest BCUT2D eigenvalue weighted by Gasteiger charge is 2.33. The Bertz CT molecular complexity index is 507. The van der Waals surface area contributed by atoms with E-state index in [1.165, 1.54) is 0 Å². The van der Waals surface area contributed by atoms with E-state index < -0.39 is 0 Å². The standard InChI is InChI=1S/C15H21ClN2O3/c1-15(2)10-18(7-13(9-19)21-15)8-14(20)17-12-5-3-4-11(16)6-12/h3-6,13,19H,7-10H2,1-2H3,(H,17,20). The molecular formula is C15H21ClN2O3. The summed E-state index contributed by atoms with van der Waals surface area (Å²) in [7, 11) is 0. The van der Waals surface area contributed by atoms with E-state index in [4.69, 9.17) is 16.3 Å². The topological polar surface area (TPSA) is 61.8 Å². The third-order valence-corrected chi connectivity index (χ3v) is 3.47. The maximum Gasteiger partial charge on any atom is 0.238 e. The van der Waals surface area contributed by atoms with E-state index in [1.54, 1.807) is 24.3 Å². The normalized spacial score (nSPS) is 22.0. The number of aliphatic hydroxyl groups excluding tert-OH is 1. The van der Waals surface area contributed by atoms with Gasteiger partial charge in [-0.1, -0.05) is 17.7 Å². The lowest BCUT2D eigenvalue weighted by Crippen LogP contribution is -2.55. The smallest absolute Gasteiger partial charge is 0.238 e. The molecule has 2 N–H and O–H groups in total. The summed E-state index contributed by atoms with van der Waals surface area (Å²) in [5.41, 5.74) is 0.306. The molecule has 1 aliphatic heterocycles. The molecule has 116 valence electrons. The lowest BCUT2D eigenvalue weighted by atomic mass is 10.1. The van der Waals surface area contributed by atoms with Crippen LogP contribution in [0.4, 0.5) is 5.69 Å². The second-order valence-corrected chi connectivity index (χ2v) is 6.35. The summed E-state index contributed by atoms with van der Waals surface area (Å²) >= 11 is 5.89. The maximum absolute atomic E-state index is 12.1.